The fourth-order valence-electron chi connectivity index (χ4n) is 4.94. The molecule has 5 rings (SSSR count). The highest BCUT2D eigenvalue weighted by molar-refractivity contribution is 5.70. The number of hydrogen-bond acceptors (Lipinski definition) is 6. The van der Waals surface area contributed by atoms with Gasteiger partial charge in [-0.1, -0.05) is 18.6 Å². The number of hydrogen-bond donors (Lipinski definition) is 1. The monoisotopic (exact) mass is 408 g/mol. The van der Waals surface area contributed by atoms with Gasteiger partial charge in [0.05, 0.1) is 33.1 Å². The van der Waals surface area contributed by atoms with Crippen LogP contribution in [0.2, 0.25) is 0 Å². The summed E-state index contributed by atoms with van der Waals surface area (Å²) in [4.78, 5) is 0. The topological polar surface area (TPSA) is 52.2 Å². The van der Waals surface area contributed by atoms with Gasteiger partial charge in [-0.15, -0.1) is 0 Å². The van der Waals surface area contributed by atoms with Crippen molar-refractivity contribution >= 4 is 5.70 Å². The van der Waals surface area contributed by atoms with Crippen LogP contribution < -0.4 is 24.4 Å². The summed E-state index contributed by atoms with van der Waals surface area (Å²) in [6.45, 7) is 0. The molecule has 2 aromatic carbocycles. The van der Waals surface area contributed by atoms with E-state index in [1.807, 2.05) is 24.3 Å². The predicted octanol–water partition coefficient (Wildman–Crippen LogP) is 4.67. The molecule has 1 spiro atoms. The summed E-state index contributed by atoms with van der Waals surface area (Å²) in [6.07, 6.45) is 7.81. The maximum absolute atomic E-state index is 6.72. The number of methoxy groups -OCH3 is 3. The van der Waals surface area contributed by atoms with Gasteiger partial charge in [0.25, 0.3) is 0 Å². The number of nitrogens with zero attached hydrogens (tertiary/aromatic N) is 1. The molecule has 3 aliphatic rings. The summed E-state index contributed by atoms with van der Waals surface area (Å²) in [7, 11) is 5.02. The molecule has 1 aliphatic carbocycles. The molecule has 2 aliphatic heterocycles. The Balaban J connectivity index is 1.59. The number of rotatable bonds is 4. The zero-order valence-corrected chi connectivity index (χ0v) is 17.7. The Morgan fingerprint density at radius 1 is 0.933 bits per heavy atom. The number of para-hydroxylation sites is 1. The normalized spacial score (nSPS) is 21.7. The summed E-state index contributed by atoms with van der Waals surface area (Å²) in [6, 6.07) is 12.2. The van der Waals surface area contributed by atoms with Gasteiger partial charge in [0.2, 0.25) is 0 Å². The van der Waals surface area contributed by atoms with Crippen LogP contribution in [0.5, 0.6) is 23.0 Å². The Bertz CT molecular complexity index is 981. The fraction of sp³-hybridized carbons (Fsp3) is 0.417. The molecule has 2 aromatic rings. The van der Waals surface area contributed by atoms with E-state index in [0.717, 1.165) is 59.8 Å². The van der Waals surface area contributed by atoms with Crippen LogP contribution in [0.4, 0.5) is 0 Å². The Labute approximate surface area is 177 Å². The minimum Gasteiger partial charge on any atom is -0.493 e. The first-order chi connectivity index (χ1) is 14.7. The van der Waals surface area contributed by atoms with Gasteiger partial charge in [-0.05, 0) is 43.2 Å². The number of hydrazine groups is 1. The van der Waals surface area contributed by atoms with Gasteiger partial charge < -0.3 is 24.4 Å². The van der Waals surface area contributed by atoms with E-state index in [9.17, 15) is 0 Å². The van der Waals surface area contributed by atoms with Gasteiger partial charge in [0.15, 0.2) is 28.7 Å². The smallest absolute Gasteiger partial charge is 0.180 e. The summed E-state index contributed by atoms with van der Waals surface area (Å²) < 4.78 is 23.3. The first-order valence-corrected chi connectivity index (χ1v) is 10.6. The molecule has 0 amide bonds. The highest BCUT2D eigenvalue weighted by Gasteiger charge is 2.51. The van der Waals surface area contributed by atoms with E-state index < -0.39 is 0 Å². The molecule has 1 atom stereocenters. The van der Waals surface area contributed by atoms with E-state index in [1.165, 1.54) is 6.42 Å². The van der Waals surface area contributed by atoms with Crippen LogP contribution in [-0.4, -0.2) is 32.1 Å². The summed E-state index contributed by atoms with van der Waals surface area (Å²) in [5.74, 6) is 3.10. The molecule has 30 heavy (non-hydrogen) atoms. The second-order valence-electron chi connectivity index (χ2n) is 8.06. The van der Waals surface area contributed by atoms with Crippen LogP contribution in [0.1, 0.15) is 49.3 Å². The average Bonchev–Trinajstić information content (AvgIpc) is 3.26. The molecule has 0 radical (unpaired) electrons. The lowest BCUT2D eigenvalue weighted by atomic mass is 9.87. The molecule has 2 heterocycles. The standard InChI is InChI=1S/C24H28N2O4/c1-27-20-11-10-16(14-22(20)29-3)18-15-19-17-8-7-9-21(28-2)23(17)30-24(26(19)25-18)12-5-4-6-13-24/h7-11,14-15,19,25H,4-6,12-13H2,1-3H3/t19-/m0/s1. The molecule has 0 saturated heterocycles. The van der Waals surface area contributed by atoms with Crippen LogP contribution in [0.3, 0.4) is 0 Å². The fourth-order valence-corrected chi connectivity index (χ4v) is 4.94. The number of benzene rings is 2. The van der Waals surface area contributed by atoms with Gasteiger partial charge in [-0.25, -0.2) is 0 Å². The Hall–Kier alpha value is -2.86. The van der Waals surface area contributed by atoms with Crippen molar-refractivity contribution in [3.63, 3.8) is 0 Å². The maximum Gasteiger partial charge on any atom is 0.180 e. The minimum absolute atomic E-state index is 0.0741. The first-order valence-electron chi connectivity index (χ1n) is 10.6. The van der Waals surface area contributed by atoms with Crippen molar-refractivity contribution in [2.45, 2.75) is 43.9 Å². The Morgan fingerprint density at radius 3 is 2.43 bits per heavy atom. The van der Waals surface area contributed by atoms with Gasteiger partial charge >= 0.3 is 0 Å². The van der Waals surface area contributed by atoms with Crippen molar-refractivity contribution in [2.75, 3.05) is 21.3 Å². The van der Waals surface area contributed by atoms with E-state index >= 15 is 0 Å². The van der Waals surface area contributed by atoms with Crippen molar-refractivity contribution < 1.29 is 18.9 Å². The van der Waals surface area contributed by atoms with E-state index in [4.69, 9.17) is 18.9 Å². The van der Waals surface area contributed by atoms with E-state index in [-0.39, 0.29) is 11.8 Å². The van der Waals surface area contributed by atoms with Crippen molar-refractivity contribution in [1.82, 2.24) is 10.4 Å². The van der Waals surface area contributed by atoms with Crippen LogP contribution in [0, 0.1) is 0 Å². The van der Waals surface area contributed by atoms with E-state index in [0.29, 0.717) is 5.75 Å². The van der Waals surface area contributed by atoms with Crippen molar-refractivity contribution in [3.8, 4) is 23.0 Å². The zero-order valence-electron chi connectivity index (χ0n) is 17.7. The molecular formula is C24H28N2O4. The second-order valence-corrected chi connectivity index (χ2v) is 8.06. The number of ether oxygens (including phenoxy) is 4. The Kier molecular flexibility index (Phi) is 4.74. The molecule has 6 heteroatoms. The van der Waals surface area contributed by atoms with Crippen molar-refractivity contribution in [2.24, 2.45) is 0 Å². The SMILES string of the molecule is COc1ccc(C2=C[C@H]3c4cccc(OC)c4OC4(CCCCC4)N3N2)cc1OC. The van der Waals surface area contributed by atoms with Crippen LogP contribution in [0.25, 0.3) is 5.70 Å². The molecule has 6 nitrogen and oxygen atoms in total. The highest BCUT2D eigenvalue weighted by Crippen LogP contribution is 2.52. The molecule has 158 valence electrons. The van der Waals surface area contributed by atoms with Gasteiger partial charge in [0.1, 0.15) is 0 Å². The van der Waals surface area contributed by atoms with Gasteiger partial charge in [-0.3, -0.25) is 0 Å². The van der Waals surface area contributed by atoms with Crippen molar-refractivity contribution in [1.29, 1.82) is 0 Å². The van der Waals surface area contributed by atoms with E-state index in [2.05, 4.69) is 28.6 Å². The number of nitrogens with one attached hydrogen (secondary N) is 1. The van der Waals surface area contributed by atoms with E-state index in [1.54, 1.807) is 21.3 Å². The lowest BCUT2D eigenvalue weighted by molar-refractivity contribution is -0.151. The highest BCUT2D eigenvalue weighted by atomic mass is 16.5. The average molecular weight is 408 g/mol. The molecular weight excluding hydrogens is 380 g/mol. The predicted molar refractivity (Wildman–Crippen MR) is 115 cm³/mol. The summed E-state index contributed by atoms with van der Waals surface area (Å²) in [5.41, 5.74) is 6.51. The zero-order chi connectivity index (χ0) is 20.7. The summed E-state index contributed by atoms with van der Waals surface area (Å²) in [5, 5.41) is 2.31. The largest absolute Gasteiger partial charge is 0.493 e. The minimum atomic E-state index is -0.376. The molecule has 1 saturated carbocycles. The second kappa shape index (κ2) is 7.43. The van der Waals surface area contributed by atoms with Gasteiger partial charge in [0, 0.05) is 24.0 Å². The number of fused-ring (bicyclic) bond motifs is 4. The van der Waals surface area contributed by atoms with Crippen molar-refractivity contribution in [3.05, 3.63) is 53.6 Å². The third-order valence-corrected chi connectivity index (χ3v) is 6.45. The molecule has 0 bridgehead atoms. The quantitative estimate of drug-likeness (QED) is 0.794. The molecule has 1 fully saturated rings. The third-order valence-electron chi connectivity index (χ3n) is 6.45. The first kappa shape index (κ1) is 19.1. The Morgan fingerprint density at radius 2 is 1.70 bits per heavy atom. The molecule has 1 N–H and O–H groups in total. The molecule has 0 unspecified atom stereocenters. The third kappa shape index (κ3) is 2.89. The van der Waals surface area contributed by atoms with Crippen LogP contribution >= 0.6 is 0 Å². The summed E-state index contributed by atoms with van der Waals surface area (Å²) >= 11 is 0. The lowest BCUT2D eigenvalue weighted by Crippen LogP contribution is -2.60. The lowest BCUT2D eigenvalue weighted by Gasteiger charge is -2.50. The maximum atomic E-state index is 6.72. The van der Waals surface area contributed by atoms with Crippen LogP contribution in [-0.2, 0) is 0 Å². The van der Waals surface area contributed by atoms with Crippen LogP contribution in [0.15, 0.2) is 42.5 Å². The van der Waals surface area contributed by atoms with Gasteiger partial charge in [-0.2, -0.15) is 5.01 Å². The molecule has 0 aromatic heterocycles.